The minimum Gasteiger partial charge on any atom is -0.361 e. The fourth-order valence-electron chi connectivity index (χ4n) is 3.30. The van der Waals surface area contributed by atoms with E-state index in [2.05, 4.69) is 34.3 Å². The zero-order valence-electron chi connectivity index (χ0n) is 14.1. The van der Waals surface area contributed by atoms with Crippen molar-refractivity contribution in [3.8, 4) is 0 Å². The van der Waals surface area contributed by atoms with Crippen LogP contribution in [0.25, 0.3) is 11.2 Å². The molecule has 4 rings (SSSR count). The van der Waals surface area contributed by atoms with Crippen LogP contribution in [0.5, 0.6) is 0 Å². The van der Waals surface area contributed by atoms with Gasteiger partial charge < -0.3 is 4.52 Å². The zero-order valence-corrected chi connectivity index (χ0v) is 14.1. The van der Waals surface area contributed by atoms with Crippen molar-refractivity contribution >= 4 is 11.2 Å². The molecule has 0 spiro atoms. The summed E-state index contributed by atoms with van der Waals surface area (Å²) < 4.78 is 8.62. The van der Waals surface area contributed by atoms with Crippen molar-refractivity contribution < 1.29 is 4.52 Å². The van der Waals surface area contributed by atoms with Gasteiger partial charge in [0.2, 0.25) is 0 Å². The highest BCUT2D eigenvalue weighted by Crippen LogP contribution is 2.36. The summed E-state index contributed by atoms with van der Waals surface area (Å²) in [6, 6.07) is 0. The van der Waals surface area contributed by atoms with E-state index in [1.165, 1.54) is 10.9 Å². The molecule has 0 aromatic carbocycles. The fraction of sp³-hybridized carbons (Fsp3) is 0.562. The fourth-order valence-corrected chi connectivity index (χ4v) is 3.30. The predicted octanol–water partition coefficient (Wildman–Crippen LogP) is 1.56. The summed E-state index contributed by atoms with van der Waals surface area (Å²) in [7, 11) is 0. The molecular formula is C16H20N6O2. The highest BCUT2D eigenvalue weighted by Gasteiger charge is 2.30. The lowest BCUT2D eigenvalue weighted by Gasteiger charge is -2.28. The van der Waals surface area contributed by atoms with E-state index in [4.69, 9.17) is 4.52 Å². The summed E-state index contributed by atoms with van der Waals surface area (Å²) in [5.74, 6) is 0.948. The third-order valence-electron chi connectivity index (χ3n) is 4.75. The van der Waals surface area contributed by atoms with E-state index in [0.29, 0.717) is 18.7 Å². The Labute approximate surface area is 138 Å². The van der Waals surface area contributed by atoms with Crippen LogP contribution in [0.4, 0.5) is 0 Å². The van der Waals surface area contributed by atoms with E-state index >= 15 is 0 Å². The first-order chi connectivity index (χ1) is 11.5. The van der Waals surface area contributed by atoms with Crippen LogP contribution in [0, 0.1) is 5.41 Å². The first-order valence-corrected chi connectivity index (χ1v) is 8.23. The van der Waals surface area contributed by atoms with Crippen molar-refractivity contribution in [3.63, 3.8) is 0 Å². The van der Waals surface area contributed by atoms with Gasteiger partial charge in [0.1, 0.15) is 17.8 Å². The first-order valence-electron chi connectivity index (χ1n) is 8.23. The summed E-state index contributed by atoms with van der Waals surface area (Å²) in [5.41, 5.74) is 2.77. The number of hydrogen-bond donors (Lipinski definition) is 0. The number of aromatic nitrogens is 6. The lowest BCUT2D eigenvalue weighted by Crippen LogP contribution is -2.25. The van der Waals surface area contributed by atoms with E-state index in [1.54, 1.807) is 4.68 Å². The largest absolute Gasteiger partial charge is 0.361 e. The van der Waals surface area contributed by atoms with Crippen molar-refractivity contribution in [2.45, 2.75) is 53.1 Å². The van der Waals surface area contributed by atoms with Gasteiger partial charge in [0, 0.05) is 18.5 Å². The van der Waals surface area contributed by atoms with Gasteiger partial charge >= 0.3 is 0 Å². The van der Waals surface area contributed by atoms with Crippen molar-refractivity contribution in [1.29, 1.82) is 0 Å². The second-order valence-electron chi connectivity index (χ2n) is 7.13. The molecule has 0 fully saturated rings. The Balaban J connectivity index is 1.72. The summed E-state index contributed by atoms with van der Waals surface area (Å²) in [4.78, 5) is 17.0. The van der Waals surface area contributed by atoms with Crippen LogP contribution in [-0.4, -0.2) is 29.7 Å². The molecule has 0 saturated carbocycles. The average molecular weight is 328 g/mol. The van der Waals surface area contributed by atoms with Gasteiger partial charge in [0.05, 0.1) is 6.54 Å². The lowest BCUT2D eigenvalue weighted by atomic mass is 9.76. The Hall–Kier alpha value is -2.51. The highest BCUT2D eigenvalue weighted by molar-refractivity contribution is 5.67. The maximum atomic E-state index is 12.6. The van der Waals surface area contributed by atoms with Crippen LogP contribution >= 0.6 is 0 Å². The second-order valence-corrected chi connectivity index (χ2v) is 7.13. The SMILES string of the molecule is CCn1nnc2c(=O)n(Cc3noc4c3CC(C)(C)CC4)cnc21. The van der Waals surface area contributed by atoms with Crippen molar-refractivity contribution in [2.75, 3.05) is 0 Å². The van der Waals surface area contributed by atoms with Gasteiger partial charge in [-0.25, -0.2) is 9.67 Å². The van der Waals surface area contributed by atoms with Crippen molar-refractivity contribution in [3.05, 3.63) is 33.7 Å². The highest BCUT2D eigenvalue weighted by atomic mass is 16.5. The molecule has 0 N–H and O–H groups in total. The van der Waals surface area contributed by atoms with Crippen LogP contribution < -0.4 is 5.56 Å². The summed E-state index contributed by atoms with van der Waals surface area (Å²) in [5, 5.41) is 12.1. The van der Waals surface area contributed by atoms with E-state index in [0.717, 1.165) is 36.3 Å². The molecule has 3 heterocycles. The zero-order chi connectivity index (χ0) is 16.9. The molecule has 0 aliphatic heterocycles. The quantitative estimate of drug-likeness (QED) is 0.724. The molecule has 8 heteroatoms. The van der Waals surface area contributed by atoms with Crippen LogP contribution in [0.1, 0.15) is 44.2 Å². The first kappa shape index (κ1) is 15.0. The van der Waals surface area contributed by atoms with Crippen molar-refractivity contribution in [1.82, 2.24) is 29.7 Å². The molecule has 1 aliphatic carbocycles. The second kappa shape index (κ2) is 5.25. The Morgan fingerprint density at radius 2 is 2.21 bits per heavy atom. The van der Waals surface area contributed by atoms with Gasteiger partial charge in [-0.05, 0) is 25.2 Å². The van der Waals surface area contributed by atoms with Crippen LogP contribution in [0.2, 0.25) is 0 Å². The van der Waals surface area contributed by atoms with E-state index < -0.39 is 0 Å². The third kappa shape index (κ3) is 2.33. The van der Waals surface area contributed by atoms with Crippen LogP contribution in [0.15, 0.2) is 15.6 Å². The molecule has 0 bridgehead atoms. The summed E-state index contributed by atoms with van der Waals surface area (Å²) in [6.07, 6.45) is 4.43. The minimum absolute atomic E-state index is 0.202. The molecule has 126 valence electrons. The standard InChI is InChI=1S/C16H20N6O2/c1-4-22-14-13(18-20-22)15(23)21(9-17-14)8-11-10-7-16(2,3)6-5-12(10)24-19-11/h9H,4-8H2,1-3H3. The molecule has 24 heavy (non-hydrogen) atoms. The van der Waals surface area contributed by atoms with Crippen LogP contribution in [-0.2, 0) is 25.9 Å². The summed E-state index contributed by atoms with van der Waals surface area (Å²) >= 11 is 0. The predicted molar refractivity (Wildman–Crippen MR) is 86.7 cm³/mol. The molecule has 0 amide bonds. The number of aryl methyl sites for hydroxylation is 2. The topological polar surface area (TPSA) is 91.6 Å². The Morgan fingerprint density at radius 3 is 3.00 bits per heavy atom. The smallest absolute Gasteiger partial charge is 0.283 e. The Bertz CT molecular complexity index is 965. The minimum atomic E-state index is -0.202. The van der Waals surface area contributed by atoms with Crippen LogP contribution in [0.3, 0.4) is 0 Å². The number of rotatable bonds is 3. The van der Waals surface area contributed by atoms with Crippen molar-refractivity contribution in [2.24, 2.45) is 5.41 Å². The monoisotopic (exact) mass is 328 g/mol. The number of nitrogens with zero attached hydrogens (tertiary/aromatic N) is 6. The molecule has 8 nitrogen and oxygen atoms in total. The lowest BCUT2D eigenvalue weighted by molar-refractivity contribution is 0.282. The maximum Gasteiger partial charge on any atom is 0.283 e. The molecule has 1 aliphatic rings. The number of hydrogen-bond acceptors (Lipinski definition) is 6. The molecule has 3 aromatic rings. The van der Waals surface area contributed by atoms with E-state index in [-0.39, 0.29) is 16.5 Å². The maximum absolute atomic E-state index is 12.6. The van der Waals surface area contributed by atoms with E-state index in [9.17, 15) is 4.79 Å². The van der Waals surface area contributed by atoms with Gasteiger partial charge in [-0.2, -0.15) is 0 Å². The normalized spacial score (nSPS) is 16.5. The van der Waals surface area contributed by atoms with Gasteiger partial charge in [0.25, 0.3) is 5.56 Å². The Kier molecular flexibility index (Phi) is 3.29. The van der Waals surface area contributed by atoms with E-state index in [1.807, 2.05) is 6.92 Å². The number of fused-ring (bicyclic) bond motifs is 2. The van der Waals surface area contributed by atoms with Gasteiger partial charge in [-0.3, -0.25) is 9.36 Å². The molecule has 0 atom stereocenters. The average Bonchev–Trinajstić information content (AvgIpc) is 3.13. The van der Waals surface area contributed by atoms with Gasteiger partial charge in [-0.1, -0.05) is 24.2 Å². The Morgan fingerprint density at radius 1 is 1.38 bits per heavy atom. The van der Waals surface area contributed by atoms with Gasteiger partial charge in [-0.15, -0.1) is 5.10 Å². The molecular weight excluding hydrogens is 308 g/mol. The van der Waals surface area contributed by atoms with Gasteiger partial charge in [0.15, 0.2) is 11.2 Å². The molecule has 0 saturated heterocycles. The molecule has 0 radical (unpaired) electrons. The molecule has 3 aromatic heterocycles. The third-order valence-corrected chi connectivity index (χ3v) is 4.75. The molecule has 0 unspecified atom stereocenters. The summed E-state index contributed by atoms with van der Waals surface area (Å²) in [6.45, 7) is 7.39.